The zero-order valence-corrected chi connectivity index (χ0v) is 17.5. The Bertz CT molecular complexity index is 880. The van der Waals surface area contributed by atoms with Gasteiger partial charge in [-0.15, -0.1) is 11.7 Å². The fourth-order valence-corrected chi connectivity index (χ4v) is 4.44. The first-order valence-corrected chi connectivity index (χ1v) is 11.1. The maximum Gasteiger partial charge on any atom is 0.306 e. The van der Waals surface area contributed by atoms with Crippen LogP contribution in [0.4, 0.5) is 23.0 Å². The highest BCUT2D eigenvalue weighted by Crippen LogP contribution is 2.61. The lowest BCUT2D eigenvalue weighted by atomic mass is 9.84. The molecular formula is C24H26F3NS. The summed E-state index contributed by atoms with van der Waals surface area (Å²) in [4.78, 5) is 0. The van der Waals surface area contributed by atoms with Crippen LogP contribution in [0.3, 0.4) is 0 Å². The van der Waals surface area contributed by atoms with Crippen LogP contribution in [0.2, 0.25) is 0 Å². The number of hydrogen-bond acceptors (Lipinski definition) is 1. The van der Waals surface area contributed by atoms with Crippen molar-refractivity contribution >= 4 is 22.7 Å². The number of para-hydroxylation sites is 1. The zero-order valence-electron chi connectivity index (χ0n) is 16.6. The van der Waals surface area contributed by atoms with E-state index in [-0.39, 0.29) is 11.4 Å². The van der Waals surface area contributed by atoms with Crippen molar-refractivity contribution in [1.82, 2.24) is 0 Å². The quantitative estimate of drug-likeness (QED) is 0.354. The minimum Gasteiger partial charge on any atom is -0.229 e. The molecule has 2 atom stereocenters. The van der Waals surface area contributed by atoms with Gasteiger partial charge in [0.05, 0.1) is 11.4 Å². The van der Waals surface area contributed by atoms with Crippen LogP contribution in [0.5, 0.6) is 0 Å². The monoisotopic (exact) mass is 417 g/mol. The van der Waals surface area contributed by atoms with Crippen molar-refractivity contribution in [1.29, 1.82) is 0 Å². The Labute approximate surface area is 173 Å². The average molecular weight is 418 g/mol. The van der Waals surface area contributed by atoms with Gasteiger partial charge in [-0.1, -0.05) is 74.5 Å². The van der Waals surface area contributed by atoms with Crippen LogP contribution in [-0.4, -0.2) is 0 Å². The Balaban J connectivity index is 1.82. The van der Waals surface area contributed by atoms with Crippen LogP contribution < -0.4 is 4.31 Å². The maximum absolute atomic E-state index is 13.8. The van der Waals surface area contributed by atoms with Gasteiger partial charge in [-0.25, -0.2) is 4.31 Å². The first-order valence-electron chi connectivity index (χ1n) is 9.82. The van der Waals surface area contributed by atoms with E-state index in [0.717, 1.165) is 18.4 Å². The Morgan fingerprint density at radius 2 is 1.24 bits per heavy atom. The van der Waals surface area contributed by atoms with Crippen LogP contribution >= 0.6 is 11.4 Å². The van der Waals surface area contributed by atoms with Gasteiger partial charge in [0, 0.05) is 0 Å². The molecule has 3 rings (SSSR count). The Hall–Kier alpha value is -2.40. The highest BCUT2D eigenvalue weighted by Gasteiger charge is 2.33. The summed E-state index contributed by atoms with van der Waals surface area (Å²) in [6.07, 6.45) is 1.91. The lowest BCUT2D eigenvalue weighted by molar-refractivity contribution is 0.544. The topological polar surface area (TPSA) is 3.24 Å². The van der Waals surface area contributed by atoms with Gasteiger partial charge >= 0.3 is 11.4 Å². The first-order chi connectivity index (χ1) is 13.9. The van der Waals surface area contributed by atoms with Crippen molar-refractivity contribution in [3.05, 3.63) is 96.1 Å². The third kappa shape index (κ3) is 5.36. The molecule has 0 N–H and O–H groups in total. The fourth-order valence-electron chi connectivity index (χ4n) is 3.72. The Morgan fingerprint density at radius 1 is 0.724 bits per heavy atom. The van der Waals surface area contributed by atoms with E-state index in [4.69, 9.17) is 0 Å². The van der Waals surface area contributed by atoms with Crippen molar-refractivity contribution < 1.29 is 11.7 Å². The molecule has 0 radical (unpaired) electrons. The van der Waals surface area contributed by atoms with E-state index in [0.29, 0.717) is 16.1 Å². The molecule has 1 nitrogen and oxygen atoms in total. The summed E-state index contributed by atoms with van der Waals surface area (Å²) in [6, 6.07) is 25.2. The van der Waals surface area contributed by atoms with Crippen LogP contribution in [0.15, 0.2) is 84.9 Å². The molecule has 0 aromatic heterocycles. The summed E-state index contributed by atoms with van der Waals surface area (Å²) in [6.45, 7) is 4.34. The molecule has 0 aliphatic rings. The third-order valence-corrected chi connectivity index (χ3v) is 6.13. The van der Waals surface area contributed by atoms with Gasteiger partial charge in [-0.05, 0) is 60.1 Å². The van der Waals surface area contributed by atoms with E-state index in [1.165, 1.54) is 17.7 Å². The third-order valence-electron chi connectivity index (χ3n) is 5.30. The summed E-state index contributed by atoms with van der Waals surface area (Å²) in [5, 5.41) is 0. The second kappa shape index (κ2) is 9.40. The summed E-state index contributed by atoms with van der Waals surface area (Å²) >= 11 is -5.43. The second-order valence-corrected chi connectivity index (χ2v) is 8.39. The first kappa shape index (κ1) is 21.3. The van der Waals surface area contributed by atoms with E-state index >= 15 is 0 Å². The molecule has 0 saturated heterocycles. The molecule has 0 bridgehead atoms. The number of rotatable bonds is 8. The van der Waals surface area contributed by atoms with E-state index in [1.807, 2.05) is 30.3 Å². The lowest BCUT2D eigenvalue weighted by Crippen LogP contribution is -2.13. The molecule has 2 unspecified atom stereocenters. The molecule has 0 aliphatic carbocycles. The molecular weight excluding hydrogens is 391 g/mol. The smallest absolute Gasteiger partial charge is 0.229 e. The molecule has 5 heteroatoms. The van der Waals surface area contributed by atoms with Crippen LogP contribution in [0, 0.1) is 0 Å². The van der Waals surface area contributed by atoms with Gasteiger partial charge in [0.15, 0.2) is 0 Å². The van der Waals surface area contributed by atoms with Crippen LogP contribution in [0.1, 0.15) is 49.7 Å². The second-order valence-electron chi connectivity index (χ2n) is 7.26. The molecule has 0 aliphatic heterocycles. The Kier molecular flexibility index (Phi) is 6.91. The van der Waals surface area contributed by atoms with E-state index < -0.39 is 11.4 Å². The number of benzene rings is 3. The van der Waals surface area contributed by atoms with Gasteiger partial charge in [0.1, 0.15) is 0 Å². The van der Waals surface area contributed by atoms with Gasteiger partial charge in [0.2, 0.25) is 0 Å². The molecule has 0 amide bonds. The van der Waals surface area contributed by atoms with Crippen LogP contribution in [-0.2, 0) is 0 Å². The van der Waals surface area contributed by atoms with Crippen molar-refractivity contribution in [3.63, 3.8) is 0 Å². The van der Waals surface area contributed by atoms with Gasteiger partial charge in [0.25, 0.3) is 0 Å². The predicted octanol–water partition coefficient (Wildman–Crippen LogP) is 8.89. The lowest BCUT2D eigenvalue weighted by Gasteiger charge is -2.29. The number of nitrogens with zero attached hydrogens (tertiary/aromatic N) is 1. The van der Waals surface area contributed by atoms with E-state index in [2.05, 4.69) is 26.0 Å². The minimum atomic E-state index is -5.43. The van der Waals surface area contributed by atoms with Crippen molar-refractivity contribution in [3.8, 4) is 0 Å². The molecule has 3 aromatic rings. The fraction of sp³-hybridized carbons (Fsp3) is 0.250. The highest BCUT2D eigenvalue weighted by molar-refractivity contribution is 8.22. The standard InChI is InChI=1S/C24H26F3NS/c1-3-20(18-19(2)21-10-6-4-7-11-21)22-14-16-24(17-15-22)28(29(25,26)27)23-12-8-5-9-13-23/h4-17,19-20H,3,18H2,1-2H3. The van der Waals surface area contributed by atoms with Gasteiger partial charge in [-0.2, -0.15) is 0 Å². The van der Waals surface area contributed by atoms with Crippen molar-refractivity contribution in [2.75, 3.05) is 4.31 Å². The molecule has 0 heterocycles. The normalized spacial score (nSPS) is 14.2. The Morgan fingerprint density at radius 3 is 1.76 bits per heavy atom. The zero-order chi connectivity index (χ0) is 20.9. The molecule has 0 saturated carbocycles. The molecule has 29 heavy (non-hydrogen) atoms. The van der Waals surface area contributed by atoms with E-state index in [1.54, 1.807) is 30.3 Å². The number of halogens is 3. The largest absolute Gasteiger partial charge is 0.306 e. The minimum absolute atomic E-state index is 0.146. The highest BCUT2D eigenvalue weighted by atomic mass is 32.3. The van der Waals surface area contributed by atoms with Crippen molar-refractivity contribution in [2.24, 2.45) is 0 Å². The summed E-state index contributed by atoms with van der Waals surface area (Å²) in [7, 11) is 0. The number of hydrogen-bond donors (Lipinski definition) is 0. The summed E-state index contributed by atoms with van der Waals surface area (Å²) in [5.41, 5.74) is 2.68. The van der Waals surface area contributed by atoms with Gasteiger partial charge in [-0.3, -0.25) is 0 Å². The van der Waals surface area contributed by atoms with Crippen molar-refractivity contribution in [2.45, 2.75) is 38.5 Å². The molecule has 0 spiro atoms. The predicted molar refractivity (Wildman–Crippen MR) is 118 cm³/mol. The van der Waals surface area contributed by atoms with Crippen LogP contribution in [0.25, 0.3) is 0 Å². The number of anilines is 2. The van der Waals surface area contributed by atoms with E-state index in [9.17, 15) is 11.7 Å². The summed E-state index contributed by atoms with van der Waals surface area (Å²) in [5.74, 6) is 0.698. The van der Waals surface area contributed by atoms with Gasteiger partial charge < -0.3 is 0 Å². The average Bonchev–Trinajstić information content (AvgIpc) is 2.73. The molecule has 3 aromatic carbocycles. The summed E-state index contributed by atoms with van der Waals surface area (Å²) < 4.78 is 41.9. The SMILES string of the molecule is CCC(CC(C)c1ccccc1)c1ccc(N(c2ccccc2)S(F)(F)F)cc1. The molecule has 154 valence electrons. The molecule has 0 fully saturated rings. The maximum atomic E-state index is 13.8.